The maximum absolute atomic E-state index is 3.62. The number of benzene rings is 1. The Kier molecular flexibility index (Phi) is 8.53. The fourth-order valence-electron chi connectivity index (χ4n) is 2.65. The smallest absolute Gasteiger partial charge is 0.0332 e. The Morgan fingerprint density at radius 1 is 1.10 bits per heavy atom. The van der Waals surface area contributed by atoms with Crippen molar-refractivity contribution in [3.05, 3.63) is 34.3 Å². The van der Waals surface area contributed by atoms with Gasteiger partial charge in [-0.15, -0.1) is 0 Å². The zero-order valence-corrected chi connectivity index (χ0v) is 15.8. The topological polar surface area (TPSA) is 15.3 Å². The molecule has 1 rings (SSSR count). The van der Waals surface area contributed by atoms with Crippen molar-refractivity contribution in [2.75, 3.05) is 19.6 Å². The molecule has 2 nitrogen and oxygen atoms in total. The molecule has 0 bridgehead atoms. The molecule has 0 heterocycles. The Hall–Kier alpha value is -0.380. The fourth-order valence-corrected chi connectivity index (χ4v) is 2.92. The van der Waals surface area contributed by atoms with Gasteiger partial charge in [-0.25, -0.2) is 0 Å². The molecule has 3 heteroatoms. The predicted octanol–water partition coefficient (Wildman–Crippen LogP) is 4.86. The Labute approximate surface area is 139 Å². The third kappa shape index (κ3) is 6.94. The van der Waals surface area contributed by atoms with Crippen molar-refractivity contribution in [1.29, 1.82) is 0 Å². The van der Waals surface area contributed by atoms with E-state index in [0.29, 0.717) is 12.1 Å². The lowest BCUT2D eigenvalue weighted by molar-refractivity contribution is 0.188. The van der Waals surface area contributed by atoms with Gasteiger partial charge in [0.25, 0.3) is 0 Å². The number of halogens is 1. The summed E-state index contributed by atoms with van der Waals surface area (Å²) in [7, 11) is 0. The molecule has 120 valence electrons. The highest BCUT2D eigenvalue weighted by Gasteiger charge is 2.15. The van der Waals surface area contributed by atoms with Gasteiger partial charge in [-0.2, -0.15) is 0 Å². The number of hydrogen-bond donors (Lipinski definition) is 1. The molecule has 1 aromatic rings. The second kappa shape index (κ2) is 9.60. The summed E-state index contributed by atoms with van der Waals surface area (Å²) in [5.74, 6) is 0.720. The van der Waals surface area contributed by atoms with Crippen LogP contribution in [0.2, 0.25) is 0 Å². The van der Waals surface area contributed by atoms with Gasteiger partial charge in [-0.1, -0.05) is 48.8 Å². The van der Waals surface area contributed by atoms with Crippen molar-refractivity contribution >= 4 is 15.9 Å². The molecule has 21 heavy (non-hydrogen) atoms. The second-order valence-corrected chi connectivity index (χ2v) is 7.35. The monoisotopic (exact) mass is 354 g/mol. The van der Waals surface area contributed by atoms with Crippen LogP contribution in [0.5, 0.6) is 0 Å². The fraction of sp³-hybridized carbons (Fsp3) is 0.667. The van der Waals surface area contributed by atoms with Crippen LogP contribution in [0.1, 0.15) is 52.6 Å². The van der Waals surface area contributed by atoms with Crippen LogP contribution in [-0.2, 0) is 0 Å². The molecule has 0 saturated heterocycles. The van der Waals surface area contributed by atoms with E-state index in [1.165, 1.54) is 12.1 Å². The zero-order chi connectivity index (χ0) is 15.8. The van der Waals surface area contributed by atoms with Crippen LogP contribution in [0.4, 0.5) is 0 Å². The highest BCUT2D eigenvalue weighted by molar-refractivity contribution is 9.10. The number of nitrogens with one attached hydrogen (secondary N) is 1. The van der Waals surface area contributed by atoms with Gasteiger partial charge >= 0.3 is 0 Å². The third-order valence-corrected chi connectivity index (χ3v) is 4.29. The molecular formula is C18H31BrN2. The summed E-state index contributed by atoms with van der Waals surface area (Å²) >= 11 is 3.51. The molecule has 1 aromatic carbocycles. The van der Waals surface area contributed by atoms with Crippen LogP contribution in [-0.4, -0.2) is 30.6 Å². The lowest BCUT2D eigenvalue weighted by Gasteiger charge is -2.30. The minimum Gasteiger partial charge on any atom is -0.310 e. The van der Waals surface area contributed by atoms with E-state index in [1.54, 1.807) is 0 Å². The van der Waals surface area contributed by atoms with E-state index in [1.807, 2.05) is 0 Å². The maximum Gasteiger partial charge on any atom is 0.0332 e. The quantitative estimate of drug-likeness (QED) is 0.681. The summed E-state index contributed by atoms with van der Waals surface area (Å²) < 4.78 is 1.14. The van der Waals surface area contributed by atoms with Gasteiger partial charge in [-0.05, 0) is 50.4 Å². The second-order valence-electron chi connectivity index (χ2n) is 6.43. The molecule has 0 saturated carbocycles. The first-order valence-corrected chi connectivity index (χ1v) is 8.96. The SMILES string of the molecule is CCNC(CCN(CC(C)C)C(C)C)c1ccc(Br)cc1. The van der Waals surface area contributed by atoms with Crippen molar-refractivity contribution in [2.45, 2.75) is 53.1 Å². The summed E-state index contributed by atoms with van der Waals surface area (Å²) in [5.41, 5.74) is 1.38. The summed E-state index contributed by atoms with van der Waals surface area (Å²) in [5, 5.41) is 3.62. The first kappa shape index (κ1) is 18.7. The van der Waals surface area contributed by atoms with Crippen LogP contribution in [0.25, 0.3) is 0 Å². The largest absolute Gasteiger partial charge is 0.310 e. The van der Waals surface area contributed by atoms with E-state index >= 15 is 0 Å². The van der Waals surface area contributed by atoms with E-state index in [2.05, 4.69) is 85.0 Å². The Balaban J connectivity index is 2.67. The van der Waals surface area contributed by atoms with Crippen LogP contribution >= 0.6 is 15.9 Å². The molecule has 0 fully saturated rings. The lowest BCUT2D eigenvalue weighted by Crippen LogP contribution is -2.37. The first-order chi connectivity index (χ1) is 9.93. The van der Waals surface area contributed by atoms with Crippen molar-refractivity contribution in [2.24, 2.45) is 5.92 Å². The molecule has 0 radical (unpaired) electrons. The van der Waals surface area contributed by atoms with Gasteiger partial charge in [0.2, 0.25) is 0 Å². The lowest BCUT2D eigenvalue weighted by atomic mass is 10.0. The molecular weight excluding hydrogens is 324 g/mol. The molecule has 1 unspecified atom stereocenters. The van der Waals surface area contributed by atoms with Crippen LogP contribution < -0.4 is 5.32 Å². The average molecular weight is 355 g/mol. The third-order valence-electron chi connectivity index (χ3n) is 3.76. The van der Waals surface area contributed by atoms with E-state index in [4.69, 9.17) is 0 Å². The Morgan fingerprint density at radius 3 is 2.19 bits per heavy atom. The zero-order valence-electron chi connectivity index (χ0n) is 14.2. The molecule has 0 aromatic heterocycles. The minimum absolute atomic E-state index is 0.441. The summed E-state index contributed by atoms with van der Waals surface area (Å²) in [4.78, 5) is 2.59. The molecule has 1 atom stereocenters. The van der Waals surface area contributed by atoms with Gasteiger partial charge in [0.15, 0.2) is 0 Å². The van der Waals surface area contributed by atoms with Crippen molar-refractivity contribution in [3.63, 3.8) is 0 Å². The predicted molar refractivity (Wildman–Crippen MR) is 96.7 cm³/mol. The molecule has 0 aliphatic carbocycles. The average Bonchev–Trinajstić information content (AvgIpc) is 2.42. The van der Waals surface area contributed by atoms with Gasteiger partial charge in [0, 0.05) is 29.6 Å². The van der Waals surface area contributed by atoms with E-state index in [0.717, 1.165) is 29.9 Å². The standard InChI is InChI=1S/C18H31BrN2/c1-6-20-18(16-7-9-17(19)10-8-16)11-12-21(15(4)5)13-14(2)3/h7-10,14-15,18,20H,6,11-13H2,1-5H3. The van der Waals surface area contributed by atoms with Gasteiger partial charge in [0.05, 0.1) is 0 Å². The van der Waals surface area contributed by atoms with E-state index in [9.17, 15) is 0 Å². The van der Waals surface area contributed by atoms with Crippen LogP contribution in [0, 0.1) is 5.92 Å². The normalized spacial score (nSPS) is 13.4. The van der Waals surface area contributed by atoms with Crippen molar-refractivity contribution < 1.29 is 0 Å². The van der Waals surface area contributed by atoms with Gasteiger partial charge < -0.3 is 10.2 Å². The summed E-state index contributed by atoms with van der Waals surface area (Å²) in [6.07, 6.45) is 1.15. The highest BCUT2D eigenvalue weighted by atomic mass is 79.9. The Bertz CT molecular complexity index is 387. The number of hydrogen-bond acceptors (Lipinski definition) is 2. The van der Waals surface area contributed by atoms with E-state index in [-0.39, 0.29) is 0 Å². The summed E-state index contributed by atoms with van der Waals surface area (Å²) in [6, 6.07) is 9.76. The molecule has 0 aliphatic heterocycles. The van der Waals surface area contributed by atoms with Crippen LogP contribution in [0.15, 0.2) is 28.7 Å². The highest BCUT2D eigenvalue weighted by Crippen LogP contribution is 2.20. The van der Waals surface area contributed by atoms with E-state index < -0.39 is 0 Å². The molecule has 0 spiro atoms. The van der Waals surface area contributed by atoms with Gasteiger partial charge in [-0.3, -0.25) is 0 Å². The minimum atomic E-state index is 0.441. The van der Waals surface area contributed by atoms with Crippen LogP contribution in [0.3, 0.4) is 0 Å². The van der Waals surface area contributed by atoms with Crippen molar-refractivity contribution in [1.82, 2.24) is 10.2 Å². The maximum atomic E-state index is 3.62. The van der Waals surface area contributed by atoms with Crippen molar-refractivity contribution in [3.8, 4) is 0 Å². The first-order valence-electron chi connectivity index (χ1n) is 8.16. The number of rotatable bonds is 9. The van der Waals surface area contributed by atoms with Gasteiger partial charge in [0.1, 0.15) is 0 Å². The Morgan fingerprint density at radius 2 is 1.71 bits per heavy atom. The summed E-state index contributed by atoms with van der Waals surface area (Å²) in [6.45, 7) is 14.7. The molecule has 1 N–H and O–H groups in total. The molecule has 0 amide bonds. The number of nitrogens with zero attached hydrogens (tertiary/aromatic N) is 1. The molecule has 0 aliphatic rings.